The predicted octanol–water partition coefficient (Wildman–Crippen LogP) is 1.25. The molecular weight excluding hydrogens is 395 g/mol. The van der Waals surface area contributed by atoms with Crippen molar-refractivity contribution in [3.63, 3.8) is 0 Å². The van der Waals surface area contributed by atoms with Crippen LogP contribution in [0.5, 0.6) is 0 Å². The minimum atomic E-state index is -2.37. The third kappa shape index (κ3) is 5.73. The number of aromatic nitrogens is 1. The van der Waals surface area contributed by atoms with E-state index < -0.39 is 6.43 Å². The van der Waals surface area contributed by atoms with Crippen LogP contribution in [-0.4, -0.2) is 67.1 Å². The number of hydrogen-bond acceptors (Lipinski definition) is 4. The van der Waals surface area contributed by atoms with Crippen molar-refractivity contribution in [1.82, 2.24) is 20.3 Å². The van der Waals surface area contributed by atoms with Gasteiger partial charge in [0.15, 0.2) is 5.96 Å². The van der Waals surface area contributed by atoms with Crippen LogP contribution in [0.2, 0.25) is 0 Å². The summed E-state index contributed by atoms with van der Waals surface area (Å²) in [4.78, 5) is 8.27. The lowest BCUT2D eigenvalue weighted by Crippen LogP contribution is -2.52. The van der Waals surface area contributed by atoms with Gasteiger partial charge in [0.2, 0.25) is 0 Å². The minimum Gasteiger partial charge on any atom is -0.364 e. The maximum Gasteiger partial charge on any atom is 0.255 e. The molecule has 1 N–H and O–H groups in total. The molecule has 0 amide bonds. The first-order valence-corrected chi connectivity index (χ1v) is 6.54. The number of guanidine groups is 1. The van der Waals surface area contributed by atoms with E-state index in [0.29, 0.717) is 5.96 Å². The van der Waals surface area contributed by atoms with Gasteiger partial charge in [0.25, 0.3) is 6.43 Å². The Morgan fingerprint density at radius 3 is 2.67 bits per heavy atom. The molecule has 0 bridgehead atoms. The van der Waals surface area contributed by atoms with Crippen LogP contribution in [-0.2, 0) is 6.54 Å². The second kappa shape index (κ2) is 9.13. The summed E-state index contributed by atoms with van der Waals surface area (Å²) < 4.78 is 29.2. The summed E-state index contributed by atoms with van der Waals surface area (Å²) in [5, 5.41) is 6.56. The van der Waals surface area contributed by atoms with Gasteiger partial charge in [0.05, 0.1) is 12.2 Å². The summed E-state index contributed by atoms with van der Waals surface area (Å²) in [6.07, 6.45) is -0.818. The van der Waals surface area contributed by atoms with E-state index in [1.165, 1.54) is 0 Å². The first-order chi connectivity index (χ1) is 9.69. The molecule has 6 nitrogen and oxygen atoms in total. The van der Waals surface area contributed by atoms with Crippen LogP contribution in [0.4, 0.5) is 8.78 Å². The largest absolute Gasteiger partial charge is 0.364 e. The van der Waals surface area contributed by atoms with Crippen LogP contribution >= 0.6 is 24.0 Å². The van der Waals surface area contributed by atoms with Crippen molar-refractivity contribution in [1.29, 1.82) is 0 Å². The molecule has 2 rings (SSSR count). The Morgan fingerprint density at radius 1 is 1.43 bits per heavy atom. The lowest BCUT2D eigenvalue weighted by molar-refractivity contribution is 0.145. The van der Waals surface area contributed by atoms with E-state index in [-0.39, 0.29) is 30.5 Å². The van der Waals surface area contributed by atoms with Crippen molar-refractivity contribution in [2.45, 2.75) is 13.0 Å². The number of aliphatic imine (C=N–C) groups is 1. The van der Waals surface area contributed by atoms with Gasteiger partial charge in [0, 0.05) is 45.8 Å². The maximum atomic E-state index is 12.2. The highest BCUT2D eigenvalue weighted by Gasteiger charge is 2.20. The fourth-order valence-electron chi connectivity index (χ4n) is 2.17. The van der Waals surface area contributed by atoms with Gasteiger partial charge < -0.3 is 14.7 Å². The molecule has 120 valence electrons. The molecule has 1 aliphatic rings. The molecule has 2 heterocycles. The highest BCUT2D eigenvalue weighted by Crippen LogP contribution is 2.07. The number of halogens is 3. The zero-order chi connectivity index (χ0) is 14.4. The maximum absolute atomic E-state index is 12.2. The van der Waals surface area contributed by atoms with Gasteiger partial charge in [-0.3, -0.25) is 9.89 Å². The van der Waals surface area contributed by atoms with Crippen LogP contribution < -0.4 is 5.32 Å². The number of rotatable bonds is 4. The van der Waals surface area contributed by atoms with Crippen molar-refractivity contribution >= 4 is 29.9 Å². The predicted molar refractivity (Wildman–Crippen MR) is 86.1 cm³/mol. The molecule has 0 radical (unpaired) electrons. The monoisotopic (exact) mass is 415 g/mol. The summed E-state index contributed by atoms with van der Waals surface area (Å²) in [5.41, 5.74) is 0.902. The molecule has 0 saturated carbocycles. The fraction of sp³-hybridized carbons (Fsp3) is 0.667. The van der Waals surface area contributed by atoms with Gasteiger partial charge in [-0.05, 0) is 0 Å². The van der Waals surface area contributed by atoms with Crippen molar-refractivity contribution in [2.75, 3.05) is 39.8 Å². The molecule has 0 spiro atoms. The minimum absolute atomic E-state index is 0. The molecule has 9 heteroatoms. The molecule has 1 fully saturated rings. The van der Waals surface area contributed by atoms with E-state index in [1.54, 1.807) is 13.3 Å². The Bertz CT molecular complexity index is 421. The third-order valence-corrected chi connectivity index (χ3v) is 3.17. The smallest absolute Gasteiger partial charge is 0.255 e. The zero-order valence-electron chi connectivity index (χ0n) is 11.8. The van der Waals surface area contributed by atoms with Crippen LogP contribution in [0.25, 0.3) is 0 Å². The molecule has 21 heavy (non-hydrogen) atoms. The van der Waals surface area contributed by atoms with Crippen LogP contribution in [0.1, 0.15) is 5.69 Å². The summed E-state index contributed by atoms with van der Waals surface area (Å²) in [7, 11) is 1.61. The molecule has 1 aromatic heterocycles. The number of alkyl halides is 2. The first kappa shape index (κ1) is 18.1. The second-order valence-electron chi connectivity index (χ2n) is 4.57. The van der Waals surface area contributed by atoms with E-state index in [9.17, 15) is 8.78 Å². The van der Waals surface area contributed by atoms with Gasteiger partial charge in [-0.25, -0.2) is 8.78 Å². The molecule has 0 unspecified atom stereocenters. The van der Waals surface area contributed by atoms with E-state index >= 15 is 0 Å². The number of hydrogen-bond donors (Lipinski definition) is 1. The van der Waals surface area contributed by atoms with Crippen molar-refractivity contribution in [3.8, 4) is 0 Å². The fourth-order valence-corrected chi connectivity index (χ4v) is 2.17. The van der Waals surface area contributed by atoms with Gasteiger partial charge in [-0.15, -0.1) is 24.0 Å². The highest BCUT2D eigenvalue weighted by molar-refractivity contribution is 14.0. The zero-order valence-corrected chi connectivity index (χ0v) is 14.2. The van der Waals surface area contributed by atoms with Crippen molar-refractivity contribution < 1.29 is 13.3 Å². The van der Waals surface area contributed by atoms with E-state index in [2.05, 4.69) is 20.4 Å². The summed E-state index contributed by atoms with van der Waals surface area (Å²) in [5.74, 6) is 0.534. The average Bonchev–Trinajstić information content (AvgIpc) is 2.94. The molecule has 1 aliphatic heterocycles. The van der Waals surface area contributed by atoms with E-state index in [0.717, 1.165) is 38.4 Å². The molecule has 1 saturated heterocycles. The van der Waals surface area contributed by atoms with Gasteiger partial charge in [-0.2, -0.15) is 0 Å². The Hall–Kier alpha value is -0.970. The van der Waals surface area contributed by atoms with Crippen molar-refractivity contribution in [3.05, 3.63) is 18.0 Å². The molecule has 1 aromatic rings. The second-order valence-corrected chi connectivity index (χ2v) is 4.57. The van der Waals surface area contributed by atoms with E-state index in [4.69, 9.17) is 4.52 Å². The SMILES string of the molecule is CN=C(NCC(F)F)N1CCN(Cc2ccon2)CC1.I. The summed E-state index contributed by atoms with van der Waals surface area (Å²) in [6.45, 7) is 3.55. The summed E-state index contributed by atoms with van der Waals surface area (Å²) >= 11 is 0. The van der Waals surface area contributed by atoms with Gasteiger partial charge in [0.1, 0.15) is 6.26 Å². The molecule has 0 aliphatic carbocycles. The van der Waals surface area contributed by atoms with Gasteiger partial charge >= 0.3 is 0 Å². The van der Waals surface area contributed by atoms with E-state index in [1.807, 2.05) is 11.0 Å². The quantitative estimate of drug-likeness (QED) is 0.456. The molecule has 0 aromatic carbocycles. The third-order valence-electron chi connectivity index (χ3n) is 3.17. The lowest BCUT2D eigenvalue weighted by atomic mass is 10.3. The normalized spacial score (nSPS) is 17.0. The van der Waals surface area contributed by atoms with Gasteiger partial charge in [-0.1, -0.05) is 5.16 Å². The standard InChI is InChI=1S/C12H19F2N5O.HI/c1-15-12(16-8-11(13)14)19-5-3-18(4-6-19)9-10-2-7-20-17-10;/h2,7,11H,3-6,8-9H2,1H3,(H,15,16);1H. The van der Waals surface area contributed by atoms with Crippen LogP contribution in [0, 0.1) is 0 Å². The topological polar surface area (TPSA) is 56.9 Å². The highest BCUT2D eigenvalue weighted by atomic mass is 127. The molecular formula is C12H20F2IN5O. The van der Waals surface area contributed by atoms with Crippen LogP contribution in [0.15, 0.2) is 21.8 Å². The first-order valence-electron chi connectivity index (χ1n) is 6.54. The lowest BCUT2D eigenvalue weighted by Gasteiger charge is -2.36. The molecule has 0 atom stereocenters. The Balaban J connectivity index is 0.00000220. The Kier molecular flexibility index (Phi) is 7.86. The average molecular weight is 415 g/mol. The number of nitrogens with one attached hydrogen (secondary N) is 1. The number of nitrogens with zero attached hydrogens (tertiary/aromatic N) is 4. The Labute approximate surface area is 139 Å². The van der Waals surface area contributed by atoms with Crippen LogP contribution in [0.3, 0.4) is 0 Å². The Morgan fingerprint density at radius 2 is 2.14 bits per heavy atom. The number of piperazine rings is 1. The summed E-state index contributed by atoms with van der Waals surface area (Å²) in [6, 6.07) is 1.84. The van der Waals surface area contributed by atoms with Crippen molar-refractivity contribution in [2.24, 2.45) is 4.99 Å².